The van der Waals surface area contributed by atoms with Crippen LogP contribution in [0.15, 0.2) is 42.6 Å². The normalized spacial score (nSPS) is 21.9. The van der Waals surface area contributed by atoms with Gasteiger partial charge in [0.2, 0.25) is 5.91 Å². The summed E-state index contributed by atoms with van der Waals surface area (Å²) in [5, 5.41) is 5.90. The molecule has 0 unspecified atom stereocenters. The lowest BCUT2D eigenvalue weighted by atomic mass is 10.1. The van der Waals surface area contributed by atoms with Gasteiger partial charge in [-0.15, -0.1) is 0 Å². The lowest BCUT2D eigenvalue weighted by Crippen LogP contribution is -2.45. The number of rotatable bonds is 3. The Morgan fingerprint density at radius 2 is 2.12 bits per heavy atom. The lowest BCUT2D eigenvalue weighted by Gasteiger charge is -2.35. The Labute approximate surface area is 151 Å². The molecule has 2 aliphatic heterocycles. The van der Waals surface area contributed by atoms with Crippen LogP contribution in [0.1, 0.15) is 28.5 Å². The van der Waals surface area contributed by atoms with Gasteiger partial charge in [0.05, 0.1) is 18.1 Å². The van der Waals surface area contributed by atoms with Crippen molar-refractivity contribution in [1.82, 2.24) is 10.3 Å². The van der Waals surface area contributed by atoms with Crippen LogP contribution in [0.4, 0.5) is 11.5 Å². The van der Waals surface area contributed by atoms with E-state index in [1.807, 2.05) is 36.2 Å². The molecule has 2 aromatic rings. The molecule has 2 atom stereocenters. The summed E-state index contributed by atoms with van der Waals surface area (Å²) in [6.45, 7) is 1.12. The molecule has 1 aromatic carbocycles. The molecule has 134 valence electrons. The third kappa shape index (κ3) is 3.01. The van der Waals surface area contributed by atoms with Crippen LogP contribution in [0.3, 0.4) is 0 Å². The summed E-state index contributed by atoms with van der Waals surface area (Å²) in [6, 6.07) is 11.0. The highest BCUT2D eigenvalue weighted by molar-refractivity contribution is 6.01. The molecule has 7 heteroatoms. The number of hydrogen-bond acceptors (Lipinski definition) is 5. The Hall–Kier alpha value is -2.93. The molecule has 3 heterocycles. The van der Waals surface area contributed by atoms with E-state index in [0.29, 0.717) is 24.6 Å². The zero-order chi connectivity index (χ0) is 18.1. The van der Waals surface area contributed by atoms with E-state index in [-0.39, 0.29) is 23.9 Å². The minimum atomic E-state index is -0.308. The number of nitrogens with one attached hydrogen (secondary N) is 2. The fourth-order valence-corrected chi connectivity index (χ4v) is 3.32. The maximum atomic E-state index is 12.3. The van der Waals surface area contributed by atoms with E-state index in [0.717, 1.165) is 17.7 Å². The maximum Gasteiger partial charge on any atom is 0.256 e. The smallest absolute Gasteiger partial charge is 0.256 e. The maximum absolute atomic E-state index is 12.3. The summed E-state index contributed by atoms with van der Waals surface area (Å²) in [5.41, 5.74) is 2.21. The fourth-order valence-electron chi connectivity index (χ4n) is 3.32. The number of benzene rings is 1. The van der Waals surface area contributed by atoms with Gasteiger partial charge in [-0.05, 0) is 36.2 Å². The highest BCUT2D eigenvalue weighted by atomic mass is 16.5. The Morgan fingerprint density at radius 3 is 2.85 bits per heavy atom. The number of hydrogen-bond donors (Lipinski definition) is 2. The van der Waals surface area contributed by atoms with Crippen molar-refractivity contribution in [3.8, 4) is 0 Å². The first kappa shape index (κ1) is 16.5. The van der Waals surface area contributed by atoms with Crippen LogP contribution in [0.5, 0.6) is 0 Å². The number of aromatic nitrogens is 1. The first-order valence-corrected chi connectivity index (χ1v) is 8.61. The first-order valence-electron chi connectivity index (χ1n) is 8.61. The molecule has 2 N–H and O–H groups in total. The molecule has 1 fully saturated rings. The molecule has 0 bridgehead atoms. The van der Waals surface area contributed by atoms with Crippen molar-refractivity contribution < 1.29 is 14.3 Å². The van der Waals surface area contributed by atoms with Gasteiger partial charge in [-0.2, -0.15) is 0 Å². The van der Waals surface area contributed by atoms with Crippen molar-refractivity contribution in [2.45, 2.75) is 12.6 Å². The van der Waals surface area contributed by atoms with Crippen molar-refractivity contribution in [2.24, 2.45) is 5.92 Å². The fraction of sp³-hybridized carbons (Fsp3) is 0.316. The van der Waals surface area contributed by atoms with Crippen LogP contribution in [0, 0.1) is 5.92 Å². The molecule has 7 nitrogen and oxygen atoms in total. The minimum absolute atomic E-state index is 0.0172. The van der Waals surface area contributed by atoms with Crippen molar-refractivity contribution in [3.05, 3.63) is 53.7 Å². The number of pyridine rings is 1. The molecule has 1 saturated heterocycles. The molecule has 0 spiro atoms. The summed E-state index contributed by atoms with van der Waals surface area (Å²) in [7, 11) is 1.89. The van der Waals surface area contributed by atoms with E-state index >= 15 is 0 Å². The number of nitrogens with zero attached hydrogens (tertiary/aromatic N) is 2. The van der Waals surface area contributed by atoms with Crippen molar-refractivity contribution in [3.63, 3.8) is 0 Å². The highest BCUT2D eigenvalue weighted by Gasteiger charge is 2.30. The SMILES string of the molecule is CN1c2ncccc2C(=O)N[C@@H]1c1ccc(NC(=O)[C@@H]2CCOC2)cc1. The van der Waals surface area contributed by atoms with E-state index in [1.54, 1.807) is 18.3 Å². The van der Waals surface area contributed by atoms with Gasteiger partial charge >= 0.3 is 0 Å². The highest BCUT2D eigenvalue weighted by Crippen LogP contribution is 2.30. The van der Waals surface area contributed by atoms with Gasteiger partial charge in [-0.1, -0.05) is 12.1 Å². The van der Waals surface area contributed by atoms with Crippen LogP contribution >= 0.6 is 0 Å². The Kier molecular flexibility index (Phi) is 4.30. The largest absolute Gasteiger partial charge is 0.381 e. The van der Waals surface area contributed by atoms with E-state index in [4.69, 9.17) is 4.74 Å². The molecule has 0 radical (unpaired) electrons. The second kappa shape index (κ2) is 6.76. The Balaban J connectivity index is 1.50. The number of anilines is 2. The third-order valence-electron chi connectivity index (χ3n) is 4.81. The number of fused-ring (bicyclic) bond motifs is 1. The predicted octanol–water partition coefficient (Wildman–Crippen LogP) is 1.93. The number of ether oxygens (including phenoxy) is 1. The van der Waals surface area contributed by atoms with Gasteiger partial charge in [-0.3, -0.25) is 9.59 Å². The standard InChI is InChI=1S/C19H20N4O3/c1-23-16(22-19(25)15-3-2-9-20-17(15)23)12-4-6-14(7-5-12)21-18(24)13-8-10-26-11-13/h2-7,9,13,16H,8,10-11H2,1H3,(H,21,24)(H,22,25)/t13-,16+/m1/s1. The second-order valence-corrected chi connectivity index (χ2v) is 6.53. The molecular weight excluding hydrogens is 332 g/mol. The molecule has 0 saturated carbocycles. The summed E-state index contributed by atoms with van der Waals surface area (Å²) < 4.78 is 5.25. The monoisotopic (exact) mass is 352 g/mol. The van der Waals surface area contributed by atoms with Gasteiger partial charge in [0.15, 0.2) is 0 Å². The van der Waals surface area contributed by atoms with Gasteiger partial charge in [0.25, 0.3) is 5.91 Å². The van der Waals surface area contributed by atoms with Gasteiger partial charge in [0.1, 0.15) is 12.0 Å². The predicted molar refractivity (Wildman–Crippen MR) is 96.8 cm³/mol. The Bertz CT molecular complexity index is 831. The topological polar surface area (TPSA) is 83.6 Å². The average molecular weight is 352 g/mol. The van der Waals surface area contributed by atoms with Crippen LogP contribution in [-0.2, 0) is 9.53 Å². The van der Waals surface area contributed by atoms with Crippen LogP contribution in [0.2, 0.25) is 0 Å². The third-order valence-corrected chi connectivity index (χ3v) is 4.81. The first-order chi connectivity index (χ1) is 12.6. The van der Waals surface area contributed by atoms with Crippen LogP contribution in [0.25, 0.3) is 0 Å². The zero-order valence-electron chi connectivity index (χ0n) is 14.4. The minimum Gasteiger partial charge on any atom is -0.381 e. The lowest BCUT2D eigenvalue weighted by molar-refractivity contribution is -0.119. The molecule has 2 amide bonds. The summed E-state index contributed by atoms with van der Waals surface area (Å²) in [5.74, 6) is 0.409. The molecule has 26 heavy (non-hydrogen) atoms. The second-order valence-electron chi connectivity index (χ2n) is 6.53. The summed E-state index contributed by atoms with van der Waals surface area (Å²) >= 11 is 0. The van der Waals surface area contributed by atoms with E-state index in [9.17, 15) is 9.59 Å². The summed E-state index contributed by atoms with van der Waals surface area (Å²) in [4.78, 5) is 30.8. The van der Waals surface area contributed by atoms with Crippen molar-refractivity contribution in [1.29, 1.82) is 0 Å². The molecule has 1 aromatic heterocycles. The molecular formula is C19H20N4O3. The van der Waals surface area contributed by atoms with Gasteiger partial charge in [0, 0.05) is 25.5 Å². The number of amides is 2. The molecule has 4 rings (SSSR count). The van der Waals surface area contributed by atoms with Crippen LogP contribution in [-0.4, -0.2) is 37.1 Å². The van der Waals surface area contributed by atoms with Crippen LogP contribution < -0.4 is 15.5 Å². The quantitative estimate of drug-likeness (QED) is 0.882. The zero-order valence-corrected chi connectivity index (χ0v) is 14.4. The average Bonchev–Trinajstić information content (AvgIpc) is 3.20. The van der Waals surface area contributed by atoms with Crippen molar-refractivity contribution in [2.75, 3.05) is 30.5 Å². The van der Waals surface area contributed by atoms with Gasteiger partial charge < -0.3 is 20.3 Å². The van der Waals surface area contributed by atoms with E-state index in [2.05, 4.69) is 15.6 Å². The number of carbonyl (C=O) groups excluding carboxylic acids is 2. The summed E-state index contributed by atoms with van der Waals surface area (Å²) in [6.07, 6.45) is 2.13. The van der Waals surface area contributed by atoms with Gasteiger partial charge in [-0.25, -0.2) is 4.98 Å². The van der Waals surface area contributed by atoms with Crippen molar-refractivity contribution >= 4 is 23.3 Å². The van der Waals surface area contributed by atoms with E-state index in [1.165, 1.54) is 0 Å². The number of carbonyl (C=O) groups is 2. The molecule has 0 aliphatic carbocycles. The van der Waals surface area contributed by atoms with E-state index < -0.39 is 0 Å². The Morgan fingerprint density at radius 1 is 1.31 bits per heavy atom. The molecule has 2 aliphatic rings.